The smallest absolute Gasteiger partial charge is 0.244 e. The summed E-state index contributed by atoms with van der Waals surface area (Å²) in [6, 6.07) is 6.43. The number of nitrogens with zero attached hydrogens (tertiary/aromatic N) is 3. The molecule has 2 aliphatic rings. The van der Waals surface area contributed by atoms with Crippen LogP contribution in [-0.4, -0.2) is 79.5 Å². The monoisotopic (exact) mass is 334 g/mol. The van der Waals surface area contributed by atoms with E-state index in [2.05, 4.69) is 29.1 Å². The van der Waals surface area contributed by atoms with Crippen molar-refractivity contribution in [1.29, 1.82) is 0 Å². The Balaban J connectivity index is 1.83. The lowest BCUT2D eigenvalue weighted by Gasteiger charge is -2.41. The van der Waals surface area contributed by atoms with Crippen LogP contribution in [0.25, 0.3) is 0 Å². The Morgan fingerprint density at radius 3 is 2.46 bits per heavy atom. The minimum atomic E-state index is -0.321. The Labute approximate surface area is 143 Å². The number of carbonyl (C=O) groups is 1. The first kappa shape index (κ1) is 17.3. The Morgan fingerprint density at radius 1 is 1.17 bits per heavy atom. The second-order valence-electron chi connectivity index (χ2n) is 6.93. The molecule has 2 unspecified atom stereocenters. The second-order valence-corrected chi connectivity index (χ2v) is 6.93. The molecule has 0 aliphatic carbocycles. The number of carbonyl (C=O) groups excluding carboxylic acids is 1. The molecule has 0 bridgehead atoms. The van der Waals surface area contributed by atoms with Gasteiger partial charge in [-0.15, -0.1) is 0 Å². The number of piperazine rings is 2. The van der Waals surface area contributed by atoms with Crippen molar-refractivity contribution in [3.63, 3.8) is 0 Å². The maximum atomic E-state index is 13.3. The maximum Gasteiger partial charge on any atom is 0.244 e. The van der Waals surface area contributed by atoms with E-state index < -0.39 is 0 Å². The van der Waals surface area contributed by atoms with E-state index in [1.807, 2.05) is 4.90 Å². The summed E-state index contributed by atoms with van der Waals surface area (Å²) in [5.74, 6) is -0.123. The number of hydrogen-bond acceptors (Lipinski definition) is 4. The third-order valence-electron chi connectivity index (χ3n) is 5.00. The molecule has 0 spiro atoms. The van der Waals surface area contributed by atoms with E-state index in [9.17, 15) is 9.18 Å². The summed E-state index contributed by atoms with van der Waals surface area (Å²) in [6.45, 7) is 7.97. The van der Waals surface area contributed by atoms with Gasteiger partial charge in [-0.1, -0.05) is 12.1 Å². The van der Waals surface area contributed by atoms with Gasteiger partial charge in [0, 0.05) is 51.9 Å². The highest BCUT2D eigenvalue weighted by atomic mass is 19.1. The summed E-state index contributed by atoms with van der Waals surface area (Å²) in [5.41, 5.74) is 0.884. The highest BCUT2D eigenvalue weighted by Gasteiger charge is 2.34. The van der Waals surface area contributed by atoms with Gasteiger partial charge in [0.25, 0.3) is 0 Å². The van der Waals surface area contributed by atoms with E-state index in [0.717, 1.165) is 51.4 Å². The number of amides is 1. The predicted octanol–water partition coefficient (Wildman–Crippen LogP) is 0.935. The van der Waals surface area contributed by atoms with Crippen LogP contribution in [0.15, 0.2) is 24.3 Å². The van der Waals surface area contributed by atoms with Crippen LogP contribution < -0.4 is 5.32 Å². The molecule has 5 nitrogen and oxygen atoms in total. The average molecular weight is 334 g/mol. The van der Waals surface area contributed by atoms with E-state index >= 15 is 0 Å². The molecule has 2 heterocycles. The van der Waals surface area contributed by atoms with Crippen molar-refractivity contribution < 1.29 is 9.18 Å². The molecule has 1 aromatic carbocycles. The molecular formula is C18H27FN4O. The molecule has 2 atom stereocenters. The molecule has 3 rings (SSSR count). The number of rotatable bonds is 3. The standard InChI is InChI=1S/C18H27FN4O/c1-14-13-23(8-7-20-14)17(15-3-5-16(19)6-4-15)18(24)22-11-9-21(2)10-12-22/h3-6,14,17,20H,7-13H2,1-2H3. The average Bonchev–Trinajstić information content (AvgIpc) is 2.57. The molecule has 0 radical (unpaired) electrons. The van der Waals surface area contributed by atoms with Crippen LogP contribution in [0.2, 0.25) is 0 Å². The zero-order chi connectivity index (χ0) is 17.1. The summed E-state index contributed by atoms with van der Waals surface area (Å²) in [7, 11) is 2.08. The van der Waals surface area contributed by atoms with E-state index in [1.54, 1.807) is 12.1 Å². The Kier molecular flexibility index (Phi) is 5.48. The largest absolute Gasteiger partial charge is 0.338 e. The summed E-state index contributed by atoms with van der Waals surface area (Å²) in [6.07, 6.45) is 0. The van der Waals surface area contributed by atoms with Crippen LogP contribution in [-0.2, 0) is 4.79 Å². The van der Waals surface area contributed by atoms with Crippen molar-refractivity contribution in [2.45, 2.75) is 19.0 Å². The molecule has 0 aromatic heterocycles. The van der Waals surface area contributed by atoms with Crippen LogP contribution in [0, 0.1) is 5.82 Å². The van der Waals surface area contributed by atoms with Crippen molar-refractivity contribution in [2.75, 3.05) is 52.9 Å². The first-order valence-corrected chi connectivity index (χ1v) is 8.75. The van der Waals surface area contributed by atoms with Crippen LogP contribution in [0.1, 0.15) is 18.5 Å². The molecule has 1 amide bonds. The van der Waals surface area contributed by atoms with E-state index in [-0.39, 0.29) is 17.8 Å². The fourth-order valence-corrected chi connectivity index (χ4v) is 3.55. The maximum absolute atomic E-state index is 13.3. The van der Waals surface area contributed by atoms with E-state index in [4.69, 9.17) is 0 Å². The highest BCUT2D eigenvalue weighted by Crippen LogP contribution is 2.25. The third kappa shape index (κ3) is 3.94. The van der Waals surface area contributed by atoms with Crippen LogP contribution in [0.3, 0.4) is 0 Å². The van der Waals surface area contributed by atoms with Crippen molar-refractivity contribution in [2.24, 2.45) is 0 Å². The normalized spacial score (nSPS) is 24.8. The van der Waals surface area contributed by atoms with Gasteiger partial charge in [-0.05, 0) is 31.7 Å². The lowest BCUT2D eigenvalue weighted by Crippen LogP contribution is -2.55. The summed E-state index contributed by atoms with van der Waals surface area (Å²) in [4.78, 5) is 19.7. The van der Waals surface area contributed by atoms with Crippen LogP contribution in [0.4, 0.5) is 4.39 Å². The van der Waals surface area contributed by atoms with Gasteiger partial charge in [0.2, 0.25) is 5.91 Å². The molecule has 24 heavy (non-hydrogen) atoms. The molecule has 1 N–H and O–H groups in total. The fourth-order valence-electron chi connectivity index (χ4n) is 3.55. The summed E-state index contributed by atoms with van der Waals surface area (Å²) >= 11 is 0. The SMILES string of the molecule is CC1CN(C(C(=O)N2CCN(C)CC2)c2ccc(F)cc2)CCN1. The summed E-state index contributed by atoms with van der Waals surface area (Å²) in [5, 5.41) is 3.42. The summed E-state index contributed by atoms with van der Waals surface area (Å²) < 4.78 is 13.3. The van der Waals surface area contributed by atoms with Gasteiger partial charge in [-0.25, -0.2) is 4.39 Å². The lowest BCUT2D eigenvalue weighted by atomic mass is 10.0. The van der Waals surface area contributed by atoms with Gasteiger partial charge in [-0.2, -0.15) is 0 Å². The van der Waals surface area contributed by atoms with Gasteiger partial charge in [0.05, 0.1) is 0 Å². The molecule has 132 valence electrons. The van der Waals surface area contributed by atoms with Crippen molar-refractivity contribution in [3.8, 4) is 0 Å². The van der Waals surface area contributed by atoms with Gasteiger partial charge in [0.1, 0.15) is 11.9 Å². The van der Waals surface area contributed by atoms with Gasteiger partial charge < -0.3 is 15.1 Å². The molecule has 6 heteroatoms. The fraction of sp³-hybridized carbons (Fsp3) is 0.611. The number of halogens is 1. The Hall–Kier alpha value is -1.50. The van der Waals surface area contributed by atoms with Crippen LogP contribution >= 0.6 is 0 Å². The van der Waals surface area contributed by atoms with Crippen LogP contribution in [0.5, 0.6) is 0 Å². The first-order chi connectivity index (χ1) is 11.5. The molecule has 2 saturated heterocycles. The lowest BCUT2D eigenvalue weighted by molar-refractivity contribution is -0.139. The number of hydrogen-bond donors (Lipinski definition) is 1. The molecule has 2 fully saturated rings. The zero-order valence-electron chi connectivity index (χ0n) is 14.5. The van der Waals surface area contributed by atoms with Gasteiger partial charge in [-0.3, -0.25) is 9.69 Å². The van der Waals surface area contributed by atoms with Crippen molar-refractivity contribution >= 4 is 5.91 Å². The predicted molar refractivity (Wildman–Crippen MR) is 92.3 cm³/mol. The molecule has 2 aliphatic heterocycles. The minimum absolute atomic E-state index is 0.142. The van der Waals surface area contributed by atoms with Gasteiger partial charge in [0.15, 0.2) is 0 Å². The number of likely N-dealkylation sites (N-methyl/N-ethyl adjacent to an activating group) is 1. The van der Waals surface area contributed by atoms with Crippen molar-refractivity contribution in [3.05, 3.63) is 35.6 Å². The molecule has 0 saturated carbocycles. The topological polar surface area (TPSA) is 38.8 Å². The Bertz CT molecular complexity index is 557. The first-order valence-electron chi connectivity index (χ1n) is 8.75. The highest BCUT2D eigenvalue weighted by molar-refractivity contribution is 5.83. The minimum Gasteiger partial charge on any atom is -0.338 e. The third-order valence-corrected chi connectivity index (χ3v) is 5.00. The zero-order valence-corrected chi connectivity index (χ0v) is 14.5. The van der Waals surface area contributed by atoms with Crippen molar-refractivity contribution in [1.82, 2.24) is 20.0 Å². The Morgan fingerprint density at radius 2 is 1.83 bits per heavy atom. The molecule has 1 aromatic rings. The van der Waals surface area contributed by atoms with Gasteiger partial charge >= 0.3 is 0 Å². The van der Waals surface area contributed by atoms with E-state index in [1.165, 1.54) is 12.1 Å². The quantitative estimate of drug-likeness (QED) is 0.893. The number of nitrogens with one attached hydrogen (secondary N) is 1. The van der Waals surface area contributed by atoms with E-state index in [0.29, 0.717) is 6.04 Å². The molecular weight excluding hydrogens is 307 g/mol. The number of benzene rings is 1. The second kappa shape index (κ2) is 7.59.